The van der Waals surface area contributed by atoms with E-state index in [9.17, 15) is 13.2 Å². The van der Waals surface area contributed by atoms with Crippen LogP contribution in [0.3, 0.4) is 0 Å². The van der Waals surface area contributed by atoms with Gasteiger partial charge < -0.3 is 9.47 Å². The van der Waals surface area contributed by atoms with Gasteiger partial charge in [0.05, 0.1) is 0 Å². The van der Waals surface area contributed by atoms with Gasteiger partial charge in [0.15, 0.2) is 0 Å². The van der Waals surface area contributed by atoms with Crippen LogP contribution >= 0.6 is 0 Å². The minimum absolute atomic E-state index is 0.315. The van der Waals surface area contributed by atoms with Crippen LogP contribution in [-0.4, -0.2) is 32.8 Å². The number of alkyl halides is 3. The third kappa shape index (κ3) is 2.97. The third-order valence-corrected chi connectivity index (χ3v) is 4.75. The summed E-state index contributed by atoms with van der Waals surface area (Å²) in [4.78, 5) is 5.70. The molecule has 2 aliphatic rings. The summed E-state index contributed by atoms with van der Waals surface area (Å²) in [6.45, 7) is 1.35. The fourth-order valence-electron chi connectivity index (χ4n) is 3.30. The molecule has 4 rings (SSSR count). The summed E-state index contributed by atoms with van der Waals surface area (Å²) < 4.78 is 40.6. The standard InChI is InChI=1S/C16H18F3N5/c17-16(18,19)13-2-1-3-14(21-13)23-8-6-11(7-9-23)15-22-20-10-24(15)12-4-5-12/h1-3,10-12H,4-9H2. The van der Waals surface area contributed by atoms with Crippen molar-refractivity contribution in [2.45, 2.75) is 43.8 Å². The van der Waals surface area contributed by atoms with Crippen molar-refractivity contribution in [2.75, 3.05) is 18.0 Å². The van der Waals surface area contributed by atoms with Crippen LogP contribution in [0.1, 0.15) is 49.2 Å². The van der Waals surface area contributed by atoms with E-state index in [2.05, 4.69) is 19.7 Å². The number of piperidine rings is 1. The molecule has 0 unspecified atom stereocenters. The van der Waals surface area contributed by atoms with E-state index in [0.717, 1.165) is 24.7 Å². The van der Waals surface area contributed by atoms with E-state index in [1.807, 2.05) is 4.90 Å². The fourth-order valence-corrected chi connectivity index (χ4v) is 3.30. The van der Waals surface area contributed by atoms with Gasteiger partial charge >= 0.3 is 6.18 Å². The molecule has 128 valence electrons. The van der Waals surface area contributed by atoms with Gasteiger partial charge in [-0.15, -0.1) is 10.2 Å². The summed E-state index contributed by atoms with van der Waals surface area (Å²) in [7, 11) is 0. The van der Waals surface area contributed by atoms with Crippen molar-refractivity contribution in [1.29, 1.82) is 0 Å². The molecule has 0 amide bonds. The Balaban J connectivity index is 1.45. The Kier molecular flexibility index (Phi) is 3.69. The molecule has 2 aromatic heterocycles. The SMILES string of the molecule is FC(F)(F)c1cccc(N2CCC(c3nncn3C3CC3)CC2)n1. The van der Waals surface area contributed by atoms with Crippen molar-refractivity contribution in [3.63, 3.8) is 0 Å². The molecule has 1 aliphatic heterocycles. The molecule has 5 nitrogen and oxygen atoms in total. The van der Waals surface area contributed by atoms with Crippen LogP contribution in [-0.2, 0) is 6.18 Å². The minimum Gasteiger partial charge on any atom is -0.357 e. The van der Waals surface area contributed by atoms with Gasteiger partial charge in [0.1, 0.15) is 23.7 Å². The van der Waals surface area contributed by atoms with Crippen LogP contribution in [0.4, 0.5) is 19.0 Å². The normalized spacial score (nSPS) is 19.7. The molecule has 24 heavy (non-hydrogen) atoms. The van der Waals surface area contributed by atoms with Gasteiger partial charge in [0.25, 0.3) is 0 Å². The average Bonchev–Trinajstić information content (AvgIpc) is 3.31. The second kappa shape index (κ2) is 5.75. The van der Waals surface area contributed by atoms with Crippen molar-refractivity contribution in [3.05, 3.63) is 36.0 Å². The maximum Gasteiger partial charge on any atom is 0.433 e. The molecule has 8 heteroatoms. The van der Waals surface area contributed by atoms with Crippen LogP contribution in [0, 0.1) is 0 Å². The molecular weight excluding hydrogens is 319 g/mol. The highest BCUT2D eigenvalue weighted by atomic mass is 19.4. The number of rotatable bonds is 3. The molecular formula is C16H18F3N5. The molecule has 0 spiro atoms. The molecule has 3 heterocycles. The number of pyridine rings is 1. The van der Waals surface area contributed by atoms with E-state index in [-0.39, 0.29) is 0 Å². The molecule has 0 atom stereocenters. The lowest BCUT2D eigenvalue weighted by Gasteiger charge is -2.32. The number of nitrogens with zero attached hydrogens (tertiary/aromatic N) is 5. The molecule has 0 bridgehead atoms. The fraction of sp³-hybridized carbons (Fsp3) is 0.562. The smallest absolute Gasteiger partial charge is 0.357 e. The van der Waals surface area contributed by atoms with Gasteiger partial charge in [-0.1, -0.05) is 6.07 Å². The molecule has 2 fully saturated rings. The first kappa shape index (κ1) is 15.4. The number of aromatic nitrogens is 4. The number of hydrogen-bond acceptors (Lipinski definition) is 4. The summed E-state index contributed by atoms with van der Waals surface area (Å²) in [6.07, 6.45) is 1.45. The van der Waals surface area contributed by atoms with E-state index in [0.29, 0.717) is 30.9 Å². The first-order valence-corrected chi connectivity index (χ1v) is 8.21. The molecule has 0 radical (unpaired) electrons. The summed E-state index contributed by atoms with van der Waals surface area (Å²) in [5.41, 5.74) is -0.837. The molecule has 2 aromatic rings. The topological polar surface area (TPSA) is 46.8 Å². The summed E-state index contributed by atoms with van der Waals surface area (Å²) in [5, 5.41) is 8.31. The lowest BCUT2D eigenvalue weighted by molar-refractivity contribution is -0.141. The van der Waals surface area contributed by atoms with Crippen LogP contribution in [0.15, 0.2) is 24.5 Å². The summed E-state index contributed by atoms with van der Waals surface area (Å²) in [5.74, 6) is 1.73. The van der Waals surface area contributed by atoms with Crippen molar-refractivity contribution < 1.29 is 13.2 Å². The summed E-state index contributed by atoms with van der Waals surface area (Å²) >= 11 is 0. The number of anilines is 1. The molecule has 1 saturated carbocycles. The highest BCUT2D eigenvalue weighted by molar-refractivity contribution is 5.40. The van der Waals surface area contributed by atoms with E-state index in [1.54, 1.807) is 12.4 Å². The maximum absolute atomic E-state index is 12.8. The predicted octanol–water partition coefficient (Wildman–Crippen LogP) is 3.41. The van der Waals surface area contributed by atoms with Crippen LogP contribution < -0.4 is 4.90 Å². The lowest BCUT2D eigenvalue weighted by atomic mass is 9.96. The third-order valence-electron chi connectivity index (χ3n) is 4.75. The highest BCUT2D eigenvalue weighted by Crippen LogP contribution is 2.38. The Morgan fingerprint density at radius 1 is 1.04 bits per heavy atom. The van der Waals surface area contributed by atoms with Gasteiger partial charge in [0, 0.05) is 25.0 Å². The second-order valence-electron chi connectivity index (χ2n) is 6.47. The quantitative estimate of drug-likeness (QED) is 0.861. The van der Waals surface area contributed by atoms with E-state index >= 15 is 0 Å². The zero-order valence-electron chi connectivity index (χ0n) is 13.1. The first-order chi connectivity index (χ1) is 11.5. The largest absolute Gasteiger partial charge is 0.433 e. The number of hydrogen-bond donors (Lipinski definition) is 0. The molecule has 0 N–H and O–H groups in total. The molecule has 1 aliphatic carbocycles. The lowest BCUT2D eigenvalue weighted by Crippen LogP contribution is -2.34. The van der Waals surface area contributed by atoms with Gasteiger partial charge in [0.2, 0.25) is 0 Å². The highest BCUT2D eigenvalue weighted by Gasteiger charge is 2.34. The van der Waals surface area contributed by atoms with Crippen LogP contribution in [0.25, 0.3) is 0 Å². The Hall–Kier alpha value is -2.12. The van der Waals surface area contributed by atoms with Gasteiger partial charge in [-0.05, 0) is 37.8 Å². The van der Waals surface area contributed by atoms with E-state index in [1.165, 1.54) is 18.9 Å². The first-order valence-electron chi connectivity index (χ1n) is 8.21. The maximum atomic E-state index is 12.8. The van der Waals surface area contributed by atoms with E-state index < -0.39 is 11.9 Å². The Labute approximate surface area is 137 Å². The Bertz CT molecular complexity index is 714. The Morgan fingerprint density at radius 2 is 1.79 bits per heavy atom. The predicted molar refractivity (Wildman–Crippen MR) is 81.7 cm³/mol. The second-order valence-corrected chi connectivity index (χ2v) is 6.47. The molecule has 0 aromatic carbocycles. The molecule has 1 saturated heterocycles. The Morgan fingerprint density at radius 3 is 2.46 bits per heavy atom. The number of halogens is 3. The zero-order chi connectivity index (χ0) is 16.7. The van der Waals surface area contributed by atoms with Crippen molar-refractivity contribution in [2.24, 2.45) is 0 Å². The van der Waals surface area contributed by atoms with Crippen molar-refractivity contribution in [1.82, 2.24) is 19.7 Å². The van der Waals surface area contributed by atoms with Gasteiger partial charge in [-0.3, -0.25) is 0 Å². The average molecular weight is 337 g/mol. The minimum atomic E-state index is -4.41. The van der Waals surface area contributed by atoms with Crippen LogP contribution in [0.2, 0.25) is 0 Å². The van der Waals surface area contributed by atoms with Crippen molar-refractivity contribution >= 4 is 5.82 Å². The van der Waals surface area contributed by atoms with E-state index in [4.69, 9.17) is 0 Å². The van der Waals surface area contributed by atoms with Gasteiger partial charge in [-0.2, -0.15) is 13.2 Å². The van der Waals surface area contributed by atoms with Gasteiger partial charge in [-0.25, -0.2) is 4.98 Å². The van der Waals surface area contributed by atoms with Crippen molar-refractivity contribution in [3.8, 4) is 0 Å². The zero-order valence-corrected chi connectivity index (χ0v) is 13.1. The van der Waals surface area contributed by atoms with Crippen LogP contribution in [0.5, 0.6) is 0 Å². The monoisotopic (exact) mass is 337 g/mol. The summed E-state index contributed by atoms with van der Waals surface area (Å²) in [6, 6.07) is 4.61.